The minimum absolute atomic E-state index is 0.430. The van der Waals surface area contributed by atoms with Gasteiger partial charge in [0.05, 0.1) is 0 Å². The minimum atomic E-state index is 0.430. The summed E-state index contributed by atoms with van der Waals surface area (Å²) in [6.45, 7) is 0. The lowest BCUT2D eigenvalue weighted by atomic mass is 9.97. The van der Waals surface area contributed by atoms with Crippen molar-refractivity contribution >= 4 is 22.4 Å². The molecule has 0 amide bonds. The van der Waals surface area contributed by atoms with Crippen molar-refractivity contribution in [3.8, 4) is 22.4 Å². The summed E-state index contributed by atoms with van der Waals surface area (Å²) in [6, 6.07) is 26.4. The van der Waals surface area contributed by atoms with Gasteiger partial charge in [-0.05, 0) is 11.1 Å². The van der Waals surface area contributed by atoms with Crippen LogP contribution in [0, 0.1) is 0 Å². The van der Waals surface area contributed by atoms with E-state index in [9.17, 15) is 0 Å². The monoisotopic (exact) mass is 316 g/mol. The number of hydrogen-bond acceptors (Lipinski definition) is 2. The van der Waals surface area contributed by atoms with Crippen molar-refractivity contribution in [2.24, 2.45) is 0 Å². The lowest BCUT2D eigenvalue weighted by Crippen LogP contribution is -1.93. The third-order valence-electron chi connectivity index (χ3n) is 3.90. The zero-order valence-corrected chi connectivity index (χ0v) is 13.0. The average Bonchev–Trinajstić information content (AvgIpc) is 2.63. The highest BCUT2D eigenvalue weighted by atomic mass is 35.5. The van der Waals surface area contributed by atoms with Crippen LogP contribution in [0.4, 0.5) is 0 Å². The lowest BCUT2D eigenvalue weighted by molar-refractivity contribution is 1.06. The van der Waals surface area contributed by atoms with Gasteiger partial charge in [-0.2, -0.15) is 0 Å². The number of halogens is 1. The van der Waals surface area contributed by atoms with E-state index >= 15 is 0 Å². The van der Waals surface area contributed by atoms with Crippen molar-refractivity contribution in [1.82, 2.24) is 10.2 Å². The maximum Gasteiger partial charge on any atom is 0.160 e. The molecular formula is C20H13ClN2. The van der Waals surface area contributed by atoms with Gasteiger partial charge in [0.1, 0.15) is 5.69 Å². The summed E-state index contributed by atoms with van der Waals surface area (Å²) in [4.78, 5) is 0. The Balaban J connectivity index is 2.06. The molecule has 0 unspecified atom stereocenters. The Bertz CT molecular complexity index is 967. The van der Waals surface area contributed by atoms with Crippen molar-refractivity contribution < 1.29 is 0 Å². The fraction of sp³-hybridized carbons (Fsp3) is 0. The average molecular weight is 317 g/mol. The normalized spacial score (nSPS) is 10.8. The van der Waals surface area contributed by atoms with E-state index in [1.807, 2.05) is 60.7 Å². The third-order valence-corrected chi connectivity index (χ3v) is 4.16. The number of fused-ring (bicyclic) bond motifs is 1. The molecule has 0 bridgehead atoms. The summed E-state index contributed by atoms with van der Waals surface area (Å²) in [5.41, 5.74) is 4.07. The second-order valence-electron chi connectivity index (χ2n) is 5.30. The second-order valence-corrected chi connectivity index (χ2v) is 5.66. The molecule has 110 valence electrons. The standard InChI is InChI=1S/C20H13ClN2/c21-20-18-16(14-8-3-1-4-9-14)12-7-13-17(18)19(22-23-20)15-10-5-2-6-11-15/h1-13H. The first kappa shape index (κ1) is 13.9. The molecule has 3 aromatic carbocycles. The van der Waals surface area contributed by atoms with Crippen molar-refractivity contribution in [2.75, 3.05) is 0 Å². The van der Waals surface area contributed by atoms with E-state index in [1.165, 1.54) is 0 Å². The highest BCUT2D eigenvalue weighted by Crippen LogP contribution is 2.36. The van der Waals surface area contributed by atoms with Gasteiger partial charge < -0.3 is 0 Å². The van der Waals surface area contributed by atoms with Crippen molar-refractivity contribution in [1.29, 1.82) is 0 Å². The minimum Gasteiger partial charge on any atom is -0.148 e. The van der Waals surface area contributed by atoms with Crippen LogP contribution in [-0.2, 0) is 0 Å². The number of nitrogens with zero attached hydrogens (tertiary/aromatic N) is 2. The van der Waals surface area contributed by atoms with Gasteiger partial charge in [-0.15, -0.1) is 10.2 Å². The maximum atomic E-state index is 6.40. The molecule has 4 rings (SSSR count). The second kappa shape index (κ2) is 5.82. The van der Waals surface area contributed by atoms with Crippen LogP contribution in [0.25, 0.3) is 33.2 Å². The van der Waals surface area contributed by atoms with Crippen LogP contribution >= 0.6 is 11.6 Å². The quantitative estimate of drug-likeness (QED) is 0.480. The van der Waals surface area contributed by atoms with Crippen LogP contribution in [0.3, 0.4) is 0 Å². The van der Waals surface area contributed by atoms with Gasteiger partial charge in [0.2, 0.25) is 0 Å². The molecule has 0 aliphatic heterocycles. The highest BCUT2D eigenvalue weighted by molar-refractivity contribution is 6.35. The van der Waals surface area contributed by atoms with Gasteiger partial charge in [0.15, 0.2) is 5.15 Å². The Morgan fingerprint density at radius 1 is 0.609 bits per heavy atom. The van der Waals surface area contributed by atoms with Crippen LogP contribution in [-0.4, -0.2) is 10.2 Å². The van der Waals surface area contributed by atoms with Gasteiger partial charge in [0, 0.05) is 16.3 Å². The van der Waals surface area contributed by atoms with Gasteiger partial charge in [0.25, 0.3) is 0 Å². The van der Waals surface area contributed by atoms with Gasteiger partial charge in [-0.3, -0.25) is 0 Å². The Kier molecular flexibility index (Phi) is 3.52. The fourth-order valence-electron chi connectivity index (χ4n) is 2.84. The molecule has 0 aliphatic rings. The van der Waals surface area contributed by atoms with Crippen molar-refractivity contribution in [3.63, 3.8) is 0 Å². The van der Waals surface area contributed by atoms with E-state index in [-0.39, 0.29) is 0 Å². The van der Waals surface area contributed by atoms with E-state index in [0.29, 0.717) is 5.15 Å². The van der Waals surface area contributed by atoms with E-state index in [2.05, 4.69) is 28.4 Å². The first-order chi connectivity index (χ1) is 11.3. The number of benzene rings is 3. The Labute approximate surface area is 139 Å². The number of rotatable bonds is 2. The molecule has 1 aromatic heterocycles. The molecular weight excluding hydrogens is 304 g/mol. The van der Waals surface area contributed by atoms with Crippen LogP contribution in [0.15, 0.2) is 78.9 Å². The lowest BCUT2D eigenvalue weighted by Gasteiger charge is -2.11. The molecule has 0 radical (unpaired) electrons. The molecule has 0 N–H and O–H groups in total. The smallest absolute Gasteiger partial charge is 0.148 e. The van der Waals surface area contributed by atoms with Crippen LogP contribution in [0.2, 0.25) is 5.15 Å². The summed E-state index contributed by atoms with van der Waals surface area (Å²) in [5.74, 6) is 0. The van der Waals surface area contributed by atoms with E-state index in [1.54, 1.807) is 0 Å². The van der Waals surface area contributed by atoms with E-state index < -0.39 is 0 Å². The van der Waals surface area contributed by atoms with E-state index in [4.69, 9.17) is 11.6 Å². The summed E-state index contributed by atoms with van der Waals surface area (Å²) >= 11 is 6.40. The Morgan fingerprint density at radius 3 is 1.96 bits per heavy atom. The van der Waals surface area contributed by atoms with Gasteiger partial charge >= 0.3 is 0 Å². The first-order valence-electron chi connectivity index (χ1n) is 7.40. The summed E-state index contributed by atoms with van der Waals surface area (Å²) in [6.07, 6.45) is 0. The molecule has 1 heterocycles. The van der Waals surface area contributed by atoms with E-state index in [0.717, 1.165) is 33.2 Å². The molecule has 0 saturated heterocycles. The predicted molar refractivity (Wildman–Crippen MR) is 95.4 cm³/mol. The van der Waals surface area contributed by atoms with Crippen LogP contribution in [0.5, 0.6) is 0 Å². The topological polar surface area (TPSA) is 25.8 Å². The summed E-state index contributed by atoms with van der Waals surface area (Å²) in [7, 11) is 0. The Hall–Kier alpha value is -2.71. The zero-order valence-electron chi connectivity index (χ0n) is 12.3. The molecule has 0 fully saturated rings. The van der Waals surface area contributed by atoms with Crippen molar-refractivity contribution in [2.45, 2.75) is 0 Å². The SMILES string of the molecule is Clc1nnc(-c2ccccc2)c2cccc(-c3ccccc3)c12. The molecule has 4 aromatic rings. The van der Waals surface area contributed by atoms with Crippen LogP contribution in [0.1, 0.15) is 0 Å². The molecule has 23 heavy (non-hydrogen) atoms. The highest BCUT2D eigenvalue weighted by Gasteiger charge is 2.13. The number of aromatic nitrogens is 2. The zero-order chi connectivity index (χ0) is 15.6. The first-order valence-corrected chi connectivity index (χ1v) is 7.78. The Morgan fingerprint density at radius 2 is 1.26 bits per heavy atom. The fourth-order valence-corrected chi connectivity index (χ4v) is 3.08. The van der Waals surface area contributed by atoms with Gasteiger partial charge in [-0.25, -0.2) is 0 Å². The molecule has 0 spiro atoms. The largest absolute Gasteiger partial charge is 0.160 e. The van der Waals surface area contributed by atoms with Crippen molar-refractivity contribution in [3.05, 3.63) is 84.0 Å². The molecule has 0 aliphatic carbocycles. The van der Waals surface area contributed by atoms with Gasteiger partial charge in [-0.1, -0.05) is 90.5 Å². The predicted octanol–water partition coefficient (Wildman–Crippen LogP) is 5.62. The summed E-state index contributed by atoms with van der Waals surface area (Å²) in [5, 5.41) is 10.9. The molecule has 2 nitrogen and oxygen atoms in total. The molecule has 0 atom stereocenters. The molecule has 3 heteroatoms. The molecule has 0 saturated carbocycles. The third kappa shape index (κ3) is 2.47. The maximum absolute atomic E-state index is 6.40. The number of hydrogen-bond donors (Lipinski definition) is 0. The van der Waals surface area contributed by atoms with Crippen LogP contribution < -0.4 is 0 Å². The summed E-state index contributed by atoms with van der Waals surface area (Å²) < 4.78 is 0.